The Morgan fingerprint density at radius 3 is 1.38 bits per heavy atom. The topological polar surface area (TPSA) is 110 Å². The van der Waals surface area contributed by atoms with E-state index in [0.717, 1.165) is 51.4 Å². The van der Waals surface area contributed by atoms with Crippen LogP contribution < -0.4 is 5.32 Å². The summed E-state index contributed by atoms with van der Waals surface area (Å²) in [5.41, 5.74) is 0. The van der Waals surface area contributed by atoms with Gasteiger partial charge in [0.1, 0.15) is 12.2 Å². The van der Waals surface area contributed by atoms with Gasteiger partial charge in [0.25, 0.3) is 0 Å². The Kier molecular flexibility index (Phi) is 30.8. The predicted molar refractivity (Wildman–Crippen MR) is 178 cm³/mol. The molecule has 0 aromatic carbocycles. The Bertz CT molecular complexity index is 599. The average molecular weight is 598 g/mol. The first kappa shape index (κ1) is 41.0. The number of unbranched alkanes of at least 4 members (excludes halogenated alkanes) is 21. The minimum Gasteiger partial charge on any atom is -0.394 e. The van der Waals surface area contributed by atoms with Crippen molar-refractivity contribution in [2.75, 3.05) is 6.61 Å². The molecule has 4 atom stereocenters. The van der Waals surface area contributed by atoms with Gasteiger partial charge in [0.15, 0.2) is 0 Å². The SMILES string of the molecule is CCCCCCCCC/C=C\CCCCCCC(O)C(=O)NC(CO)C(O)C(O)CCCCCCCCCCCCC. The molecule has 0 aliphatic rings. The van der Waals surface area contributed by atoms with Crippen molar-refractivity contribution >= 4 is 5.91 Å². The molecule has 6 heteroatoms. The molecule has 0 aromatic heterocycles. The van der Waals surface area contributed by atoms with Gasteiger partial charge in [-0.3, -0.25) is 4.79 Å². The Morgan fingerprint density at radius 1 is 0.571 bits per heavy atom. The van der Waals surface area contributed by atoms with Gasteiger partial charge in [-0.05, 0) is 38.5 Å². The lowest BCUT2D eigenvalue weighted by Crippen LogP contribution is -2.53. The van der Waals surface area contributed by atoms with Crippen LogP contribution in [0.4, 0.5) is 0 Å². The van der Waals surface area contributed by atoms with Gasteiger partial charge < -0.3 is 25.7 Å². The highest BCUT2D eigenvalue weighted by Gasteiger charge is 2.28. The number of hydrogen-bond donors (Lipinski definition) is 5. The minimum absolute atomic E-state index is 0.357. The van der Waals surface area contributed by atoms with Crippen molar-refractivity contribution in [1.29, 1.82) is 0 Å². The predicted octanol–water partition coefficient (Wildman–Crippen LogP) is 8.28. The normalized spacial score (nSPS) is 14.7. The van der Waals surface area contributed by atoms with Gasteiger partial charge in [-0.25, -0.2) is 0 Å². The summed E-state index contributed by atoms with van der Waals surface area (Å²) in [6.07, 6.45) is 30.8. The number of aliphatic hydroxyl groups is 4. The first-order chi connectivity index (χ1) is 20.5. The Labute approximate surface area is 260 Å². The zero-order valence-corrected chi connectivity index (χ0v) is 27.8. The van der Waals surface area contributed by atoms with Crippen LogP contribution >= 0.6 is 0 Å². The number of allylic oxidation sites excluding steroid dienone is 2. The molecule has 0 radical (unpaired) electrons. The Balaban J connectivity index is 3.85. The lowest BCUT2D eigenvalue weighted by Gasteiger charge is -2.27. The van der Waals surface area contributed by atoms with E-state index in [2.05, 4.69) is 31.3 Å². The molecule has 42 heavy (non-hydrogen) atoms. The maximum Gasteiger partial charge on any atom is 0.249 e. The highest BCUT2D eigenvalue weighted by molar-refractivity contribution is 5.80. The second-order valence-corrected chi connectivity index (χ2v) is 12.6. The fourth-order valence-corrected chi connectivity index (χ4v) is 5.51. The summed E-state index contributed by atoms with van der Waals surface area (Å²) in [4.78, 5) is 12.4. The van der Waals surface area contributed by atoms with Crippen LogP contribution in [0, 0.1) is 0 Å². The Morgan fingerprint density at radius 2 is 0.952 bits per heavy atom. The van der Waals surface area contributed by atoms with E-state index in [9.17, 15) is 25.2 Å². The molecule has 0 aliphatic carbocycles. The molecule has 1 amide bonds. The second kappa shape index (κ2) is 31.5. The number of nitrogens with one attached hydrogen (secondary N) is 1. The summed E-state index contributed by atoms with van der Waals surface area (Å²) >= 11 is 0. The summed E-state index contributed by atoms with van der Waals surface area (Å²) in [5.74, 6) is -0.594. The minimum atomic E-state index is -1.26. The molecule has 0 aromatic rings. The average Bonchev–Trinajstić information content (AvgIpc) is 2.99. The summed E-state index contributed by atoms with van der Waals surface area (Å²) in [6.45, 7) is 4.01. The van der Waals surface area contributed by atoms with Crippen LogP contribution in [0.1, 0.15) is 181 Å². The van der Waals surface area contributed by atoms with E-state index in [4.69, 9.17) is 0 Å². The van der Waals surface area contributed by atoms with Gasteiger partial charge >= 0.3 is 0 Å². The number of rotatable bonds is 32. The molecule has 5 N–H and O–H groups in total. The standard InChI is InChI=1S/C36H71NO5/c1-3-5-7-9-11-13-15-16-17-18-20-22-24-26-28-30-34(40)36(42)37-32(31-38)35(41)33(39)29-27-25-23-21-19-14-12-10-8-6-4-2/h17-18,32-35,38-41H,3-16,19-31H2,1-2H3,(H,37,42)/b18-17-. The van der Waals surface area contributed by atoms with Crippen LogP contribution in [-0.2, 0) is 4.79 Å². The van der Waals surface area contributed by atoms with Crippen LogP contribution in [0.3, 0.4) is 0 Å². The first-order valence-corrected chi connectivity index (χ1v) is 18.1. The van der Waals surface area contributed by atoms with Crippen LogP contribution in [0.5, 0.6) is 0 Å². The third-order valence-electron chi connectivity index (χ3n) is 8.48. The van der Waals surface area contributed by atoms with Crippen molar-refractivity contribution < 1.29 is 25.2 Å². The maximum atomic E-state index is 12.4. The van der Waals surface area contributed by atoms with Crippen molar-refractivity contribution in [3.05, 3.63) is 12.2 Å². The zero-order valence-electron chi connectivity index (χ0n) is 27.8. The molecule has 0 heterocycles. The van der Waals surface area contributed by atoms with Crippen LogP contribution in [0.2, 0.25) is 0 Å². The van der Waals surface area contributed by atoms with Crippen molar-refractivity contribution in [3.8, 4) is 0 Å². The zero-order chi connectivity index (χ0) is 31.1. The number of carbonyl (C=O) groups excluding carboxylic acids is 1. The third kappa shape index (κ3) is 25.5. The molecule has 250 valence electrons. The third-order valence-corrected chi connectivity index (χ3v) is 8.48. The van der Waals surface area contributed by atoms with Gasteiger partial charge in [0, 0.05) is 0 Å². The monoisotopic (exact) mass is 598 g/mol. The van der Waals surface area contributed by atoms with Gasteiger partial charge in [0.05, 0.1) is 18.8 Å². The maximum absolute atomic E-state index is 12.4. The fraction of sp³-hybridized carbons (Fsp3) is 0.917. The fourth-order valence-electron chi connectivity index (χ4n) is 5.51. The molecule has 0 fully saturated rings. The van der Waals surface area contributed by atoms with Crippen molar-refractivity contribution in [1.82, 2.24) is 5.32 Å². The van der Waals surface area contributed by atoms with Crippen molar-refractivity contribution in [2.24, 2.45) is 0 Å². The number of amides is 1. The van der Waals surface area contributed by atoms with E-state index in [1.807, 2.05) is 0 Å². The summed E-state index contributed by atoms with van der Waals surface area (Å²) in [6, 6.07) is -0.984. The molecule has 0 aliphatic heterocycles. The molecule has 0 saturated carbocycles. The molecule has 6 nitrogen and oxygen atoms in total. The van der Waals surface area contributed by atoms with Gasteiger partial charge in [-0.1, -0.05) is 154 Å². The number of hydrogen-bond acceptors (Lipinski definition) is 5. The first-order valence-electron chi connectivity index (χ1n) is 18.1. The quantitative estimate of drug-likeness (QED) is 0.0396. The highest BCUT2D eigenvalue weighted by Crippen LogP contribution is 2.15. The molecule has 0 saturated heterocycles. The smallest absolute Gasteiger partial charge is 0.249 e. The van der Waals surface area contributed by atoms with Crippen molar-refractivity contribution in [2.45, 2.75) is 205 Å². The van der Waals surface area contributed by atoms with Crippen LogP contribution in [0.15, 0.2) is 12.2 Å². The lowest BCUT2D eigenvalue weighted by atomic mass is 9.99. The molecular formula is C36H71NO5. The number of carbonyl (C=O) groups is 1. The molecular weight excluding hydrogens is 526 g/mol. The van der Waals surface area contributed by atoms with Crippen LogP contribution in [-0.4, -0.2) is 57.3 Å². The van der Waals surface area contributed by atoms with Gasteiger partial charge in [-0.2, -0.15) is 0 Å². The number of aliphatic hydroxyl groups excluding tert-OH is 4. The lowest BCUT2D eigenvalue weighted by molar-refractivity contribution is -0.132. The molecule has 4 unspecified atom stereocenters. The van der Waals surface area contributed by atoms with E-state index in [1.54, 1.807) is 0 Å². The van der Waals surface area contributed by atoms with E-state index in [0.29, 0.717) is 12.8 Å². The molecule has 0 rings (SSSR count). The largest absolute Gasteiger partial charge is 0.394 e. The van der Waals surface area contributed by atoms with Gasteiger partial charge in [-0.15, -0.1) is 0 Å². The molecule has 0 bridgehead atoms. The molecule has 0 spiro atoms. The van der Waals surface area contributed by atoms with E-state index < -0.39 is 36.9 Å². The van der Waals surface area contributed by atoms with E-state index >= 15 is 0 Å². The Hall–Kier alpha value is -0.950. The van der Waals surface area contributed by atoms with Gasteiger partial charge in [0.2, 0.25) is 5.91 Å². The highest BCUT2D eigenvalue weighted by atomic mass is 16.3. The summed E-state index contributed by atoms with van der Waals surface area (Å²) in [7, 11) is 0. The summed E-state index contributed by atoms with van der Waals surface area (Å²) in [5, 5.41) is 43.3. The van der Waals surface area contributed by atoms with Crippen molar-refractivity contribution in [3.63, 3.8) is 0 Å². The second-order valence-electron chi connectivity index (χ2n) is 12.6. The van der Waals surface area contributed by atoms with E-state index in [-0.39, 0.29) is 0 Å². The van der Waals surface area contributed by atoms with E-state index in [1.165, 1.54) is 103 Å². The summed E-state index contributed by atoms with van der Waals surface area (Å²) < 4.78 is 0. The van der Waals surface area contributed by atoms with Crippen LogP contribution in [0.25, 0.3) is 0 Å².